The molecule has 0 saturated carbocycles. The number of amides is 3. The highest BCUT2D eigenvalue weighted by molar-refractivity contribution is 6.54. The molecule has 0 unspecified atom stereocenters. The van der Waals surface area contributed by atoms with Gasteiger partial charge in [0.25, 0.3) is 5.91 Å². The van der Waals surface area contributed by atoms with E-state index < -0.39 is 6.03 Å². The van der Waals surface area contributed by atoms with E-state index in [4.69, 9.17) is 5.73 Å². The first-order chi connectivity index (χ1) is 11.7. The number of nitrogens with two attached hydrogens (primary N) is 1. The zero-order valence-corrected chi connectivity index (χ0v) is 15.5. The summed E-state index contributed by atoms with van der Waals surface area (Å²) >= 11 is 0. The van der Waals surface area contributed by atoms with Crippen molar-refractivity contribution in [2.24, 2.45) is 10.8 Å². The number of anilines is 1. The number of hydrogen-bond donors (Lipinski definition) is 2. The quantitative estimate of drug-likeness (QED) is 0.771. The van der Waals surface area contributed by atoms with Gasteiger partial charge in [-0.2, -0.15) is 5.10 Å². The Labute approximate surface area is 148 Å². The summed E-state index contributed by atoms with van der Waals surface area (Å²) in [5.41, 5.74) is 10.0. The lowest BCUT2D eigenvalue weighted by Gasteiger charge is -2.32. The summed E-state index contributed by atoms with van der Waals surface area (Å²) in [5, 5.41) is 3.92. The highest BCUT2D eigenvalue weighted by Crippen LogP contribution is 2.30. The maximum atomic E-state index is 12.8. The molecule has 1 aliphatic heterocycles. The average molecular weight is 345 g/mol. The Bertz CT molecular complexity index is 689. The van der Waals surface area contributed by atoms with Crippen LogP contribution in [0.25, 0.3) is 0 Å². The lowest BCUT2D eigenvalue weighted by molar-refractivity contribution is -0.112. The van der Waals surface area contributed by atoms with Crippen molar-refractivity contribution < 1.29 is 9.59 Å². The Morgan fingerprint density at radius 3 is 2.48 bits per heavy atom. The van der Waals surface area contributed by atoms with Gasteiger partial charge in [-0.05, 0) is 46.8 Å². The molecule has 7 nitrogen and oxygen atoms in total. The van der Waals surface area contributed by atoms with Gasteiger partial charge in [-0.25, -0.2) is 10.2 Å². The standard InChI is InChI=1S/C18H27N5O2/c1-11(2)22(12(3)4)8-9-23-15-7-6-13(5)10-14(15)16(17(23)24)20-21-18(19)25/h6-7,10-12H,8-9H2,1-5H3,(H3,19,21,25)/b20-16+. The minimum Gasteiger partial charge on any atom is -0.350 e. The predicted molar refractivity (Wildman–Crippen MR) is 99.8 cm³/mol. The number of hydrogen-bond acceptors (Lipinski definition) is 4. The molecule has 3 amide bonds. The molecule has 2 rings (SSSR count). The third-order valence-electron chi connectivity index (χ3n) is 4.33. The normalized spacial score (nSPS) is 15.6. The molecule has 25 heavy (non-hydrogen) atoms. The molecule has 0 atom stereocenters. The third kappa shape index (κ3) is 4.17. The third-order valence-corrected chi connectivity index (χ3v) is 4.33. The molecule has 0 aromatic heterocycles. The Balaban J connectivity index is 2.29. The van der Waals surface area contributed by atoms with Gasteiger partial charge in [0.1, 0.15) is 0 Å². The molecule has 1 heterocycles. The molecule has 0 bridgehead atoms. The van der Waals surface area contributed by atoms with Crippen LogP contribution < -0.4 is 16.1 Å². The van der Waals surface area contributed by atoms with E-state index in [1.807, 2.05) is 25.1 Å². The maximum absolute atomic E-state index is 12.8. The van der Waals surface area contributed by atoms with Gasteiger partial charge in [-0.1, -0.05) is 11.6 Å². The number of nitrogens with zero attached hydrogens (tertiary/aromatic N) is 3. The molecule has 0 aliphatic carbocycles. The summed E-state index contributed by atoms with van der Waals surface area (Å²) in [6, 6.07) is 5.77. The van der Waals surface area contributed by atoms with E-state index in [1.165, 1.54) is 0 Å². The van der Waals surface area contributed by atoms with Crippen molar-refractivity contribution in [2.45, 2.75) is 46.7 Å². The SMILES string of the molecule is Cc1ccc2c(c1)/C(=N\NC(N)=O)C(=O)N2CCN(C(C)C)C(C)C. The zero-order valence-electron chi connectivity index (χ0n) is 15.5. The van der Waals surface area contributed by atoms with Crippen LogP contribution >= 0.6 is 0 Å². The minimum absolute atomic E-state index is 0.221. The number of hydrazone groups is 1. The number of rotatable bonds is 6. The first kappa shape index (κ1) is 18.9. The molecule has 3 N–H and O–H groups in total. The van der Waals surface area contributed by atoms with Crippen molar-refractivity contribution in [3.63, 3.8) is 0 Å². The second kappa shape index (κ2) is 7.65. The number of fused-ring (bicyclic) bond motifs is 1. The lowest BCUT2D eigenvalue weighted by atomic mass is 10.1. The first-order valence-corrected chi connectivity index (χ1v) is 8.54. The number of urea groups is 1. The van der Waals surface area contributed by atoms with Gasteiger partial charge < -0.3 is 10.6 Å². The first-order valence-electron chi connectivity index (χ1n) is 8.54. The summed E-state index contributed by atoms with van der Waals surface area (Å²) in [7, 11) is 0. The van der Waals surface area contributed by atoms with E-state index in [-0.39, 0.29) is 11.6 Å². The Hall–Kier alpha value is -2.41. The average Bonchev–Trinajstić information content (AvgIpc) is 2.76. The summed E-state index contributed by atoms with van der Waals surface area (Å²) < 4.78 is 0. The van der Waals surface area contributed by atoms with Crippen LogP contribution in [-0.4, -0.2) is 47.7 Å². The second-order valence-corrected chi connectivity index (χ2v) is 6.84. The predicted octanol–water partition coefficient (Wildman–Crippen LogP) is 1.83. The number of nitrogens with one attached hydrogen (secondary N) is 1. The fourth-order valence-corrected chi connectivity index (χ4v) is 3.20. The molecular formula is C18H27N5O2. The van der Waals surface area contributed by atoms with Crippen LogP contribution in [0, 0.1) is 6.92 Å². The van der Waals surface area contributed by atoms with Crippen molar-refractivity contribution in [2.75, 3.05) is 18.0 Å². The van der Waals surface area contributed by atoms with Gasteiger partial charge in [0, 0.05) is 30.7 Å². The van der Waals surface area contributed by atoms with Crippen LogP contribution in [0.2, 0.25) is 0 Å². The molecule has 0 spiro atoms. The van der Waals surface area contributed by atoms with Gasteiger partial charge in [-0.15, -0.1) is 0 Å². The summed E-state index contributed by atoms with van der Waals surface area (Å²) in [4.78, 5) is 27.8. The number of benzene rings is 1. The van der Waals surface area contributed by atoms with Crippen LogP contribution in [0.3, 0.4) is 0 Å². The van der Waals surface area contributed by atoms with E-state index in [9.17, 15) is 9.59 Å². The summed E-state index contributed by atoms with van der Waals surface area (Å²) in [5.74, 6) is -0.221. The molecule has 1 aliphatic rings. The largest absolute Gasteiger partial charge is 0.350 e. The van der Waals surface area contributed by atoms with Crippen LogP contribution in [0.15, 0.2) is 23.3 Å². The highest BCUT2D eigenvalue weighted by atomic mass is 16.2. The highest BCUT2D eigenvalue weighted by Gasteiger charge is 2.34. The van der Waals surface area contributed by atoms with Crippen molar-refractivity contribution in [1.29, 1.82) is 0 Å². The summed E-state index contributed by atoms with van der Waals surface area (Å²) in [6.07, 6.45) is 0. The molecule has 0 saturated heterocycles. The van der Waals surface area contributed by atoms with Crippen molar-refractivity contribution in [1.82, 2.24) is 10.3 Å². The molecule has 136 valence electrons. The van der Waals surface area contributed by atoms with E-state index in [2.05, 4.69) is 43.1 Å². The zero-order chi connectivity index (χ0) is 18.7. The number of primary amides is 1. The van der Waals surface area contributed by atoms with Crippen LogP contribution in [0.5, 0.6) is 0 Å². The molecule has 7 heteroatoms. The Morgan fingerprint density at radius 1 is 1.28 bits per heavy atom. The van der Waals surface area contributed by atoms with Gasteiger partial charge in [0.05, 0.1) is 5.69 Å². The monoisotopic (exact) mass is 345 g/mol. The van der Waals surface area contributed by atoms with Crippen LogP contribution in [0.4, 0.5) is 10.5 Å². The van der Waals surface area contributed by atoms with E-state index in [0.717, 1.165) is 23.4 Å². The molecule has 0 fully saturated rings. The number of carbonyl (C=O) groups is 2. The maximum Gasteiger partial charge on any atom is 0.332 e. The number of aryl methyl sites for hydroxylation is 1. The van der Waals surface area contributed by atoms with Crippen LogP contribution in [-0.2, 0) is 4.79 Å². The lowest BCUT2D eigenvalue weighted by Crippen LogP contribution is -2.44. The smallest absolute Gasteiger partial charge is 0.332 e. The fraction of sp³-hybridized carbons (Fsp3) is 0.500. The van der Waals surface area contributed by atoms with E-state index in [0.29, 0.717) is 18.6 Å². The molecular weight excluding hydrogens is 318 g/mol. The van der Waals surface area contributed by atoms with Crippen molar-refractivity contribution in [3.05, 3.63) is 29.3 Å². The molecule has 1 aromatic rings. The van der Waals surface area contributed by atoms with Gasteiger partial charge >= 0.3 is 6.03 Å². The van der Waals surface area contributed by atoms with Crippen molar-refractivity contribution >= 4 is 23.3 Å². The van der Waals surface area contributed by atoms with Gasteiger partial charge in [0.2, 0.25) is 0 Å². The number of carbonyl (C=O) groups excluding carboxylic acids is 2. The molecule has 1 aromatic carbocycles. The summed E-state index contributed by atoms with van der Waals surface area (Å²) in [6.45, 7) is 11.8. The van der Waals surface area contributed by atoms with Crippen molar-refractivity contribution in [3.8, 4) is 0 Å². The van der Waals surface area contributed by atoms with E-state index >= 15 is 0 Å². The second-order valence-electron chi connectivity index (χ2n) is 6.84. The van der Waals surface area contributed by atoms with E-state index in [1.54, 1.807) is 4.90 Å². The Kier molecular flexibility index (Phi) is 5.79. The van der Waals surface area contributed by atoms with Gasteiger partial charge in [-0.3, -0.25) is 9.69 Å². The minimum atomic E-state index is -0.793. The topological polar surface area (TPSA) is 91.0 Å². The van der Waals surface area contributed by atoms with Crippen LogP contribution in [0.1, 0.15) is 38.8 Å². The van der Waals surface area contributed by atoms with Gasteiger partial charge in [0.15, 0.2) is 5.71 Å². The molecule has 0 radical (unpaired) electrons. The fourth-order valence-electron chi connectivity index (χ4n) is 3.20. The Morgan fingerprint density at radius 2 is 1.92 bits per heavy atom.